The lowest BCUT2D eigenvalue weighted by Gasteiger charge is -2.15. The number of halogens is 1. The minimum Gasteiger partial charge on any atom is -0.497 e. The van der Waals surface area contributed by atoms with Gasteiger partial charge in [-0.05, 0) is 48.9 Å². The molecule has 0 fully saturated rings. The van der Waals surface area contributed by atoms with Gasteiger partial charge in [0.1, 0.15) is 11.5 Å². The van der Waals surface area contributed by atoms with Crippen LogP contribution in [0.2, 0.25) is 5.02 Å². The van der Waals surface area contributed by atoms with Crippen molar-refractivity contribution in [3.05, 3.63) is 59.1 Å². The van der Waals surface area contributed by atoms with Gasteiger partial charge in [-0.3, -0.25) is 4.79 Å². The minimum atomic E-state index is -0.191. The van der Waals surface area contributed by atoms with E-state index in [9.17, 15) is 4.79 Å². The molecule has 0 bridgehead atoms. The molecule has 0 saturated carbocycles. The molecule has 116 valence electrons. The van der Waals surface area contributed by atoms with Crippen LogP contribution in [0.5, 0.6) is 11.5 Å². The van der Waals surface area contributed by atoms with Crippen molar-refractivity contribution < 1.29 is 14.3 Å². The van der Waals surface area contributed by atoms with E-state index in [4.69, 9.17) is 21.1 Å². The van der Waals surface area contributed by atoms with Crippen LogP contribution < -0.4 is 14.8 Å². The van der Waals surface area contributed by atoms with E-state index in [1.807, 2.05) is 25.1 Å². The Labute approximate surface area is 135 Å². The molecular formula is C17H18ClNO3. The summed E-state index contributed by atoms with van der Waals surface area (Å²) in [6, 6.07) is 14.3. The second-order valence-corrected chi connectivity index (χ2v) is 5.24. The molecule has 0 aliphatic heterocycles. The van der Waals surface area contributed by atoms with Crippen molar-refractivity contribution in [1.82, 2.24) is 5.32 Å². The minimum absolute atomic E-state index is 0.0444. The Morgan fingerprint density at radius 1 is 1.18 bits per heavy atom. The SMILES string of the molecule is COc1ccc(OCC(=O)N[C@H](C)c2cccc(Cl)c2)cc1. The quantitative estimate of drug-likeness (QED) is 0.885. The number of carbonyl (C=O) groups excluding carboxylic acids is 1. The average Bonchev–Trinajstić information content (AvgIpc) is 2.53. The summed E-state index contributed by atoms with van der Waals surface area (Å²) in [6.45, 7) is 1.86. The number of ether oxygens (including phenoxy) is 2. The highest BCUT2D eigenvalue weighted by molar-refractivity contribution is 6.30. The van der Waals surface area contributed by atoms with Crippen molar-refractivity contribution in [2.75, 3.05) is 13.7 Å². The van der Waals surface area contributed by atoms with Crippen LogP contribution in [0.3, 0.4) is 0 Å². The normalized spacial score (nSPS) is 11.6. The molecule has 22 heavy (non-hydrogen) atoms. The van der Waals surface area contributed by atoms with Crippen molar-refractivity contribution in [3.8, 4) is 11.5 Å². The monoisotopic (exact) mass is 319 g/mol. The van der Waals surface area contributed by atoms with Gasteiger partial charge >= 0.3 is 0 Å². The van der Waals surface area contributed by atoms with E-state index in [2.05, 4.69) is 5.32 Å². The van der Waals surface area contributed by atoms with Gasteiger partial charge in [-0.2, -0.15) is 0 Å². The maximum atomic E-state index is 11.9. The Morgan fingerprint density at radius 3 is 2.50 bits per heavy atom. The first kappa shape index (κ1) is 16.2. The molecule has 2 rings (SSSR count). The highest BCUT2D eigenvalue weighted by Crippen LogP contribution is 2.18. The van der Waals surface area contributed by atoms with E-state index in [-0.39, 0.29) is 18.6 Å². The number of rotatable bonds is 6. The molecule has 1 atom stereocenters. The van der Waals surface area contributed by atoms with Crippen LogP contribution in [0, 0.1) is 0 Å². The maximum Gasteiger partial charge on any atom is 0.258 e. The maximum absolute atomic E-state index is 11.9. The fourth-order valence-corrected chi connectivity index (χ4v) is 2.16. The molecule has 5 heteroatoms. The summed E-state index contributed by atoms with van der Waals surface area (Å²) in [5, 5.41) is 3.52. The first-order valence-corrected chi connectivity index (χ1v) is 7.28. The second-order valence-electron chi connectivity index (χ2n) is 4.81. The highest BCUT2D eigenvalue weighted by atomic mass is 35.5. The molecule has 0 saturated heterocycles. The van der Waals surface area contributed by atoms with Crippen molar-refractivity contribution >= 4 is 17.5 Å². The molecule has 0 aliphatic rings. The summed E-state index contributed by atoms with van der Waals surface area (Å²) in [4.78, 5) is 11.9. The summed E-state index contributed by atoms with van der Waals surface area (Å²) < 4.78 is 10.5. The van der Waals surface area contributed by atoms with E-state index >= 15 is 0 Å². The Hall–Kier alpha value is -2.20. The van der Waals surface area contributed by atoms with Crippen LogP contribution in [0.25, 0.3) is 0 Å². The van der Waals surface area contributed by atoms with E-state index in [1.54, 1.807) is 37.4 Å². The van der Waals surface area contributed by atoms with Gasteiger partial charge in [0.15, 0.2) is 6.61 Å². The summed E-state index contributed by atoms with van der Waals surface area (Å²) in [6.07, 6.45) is 0. The lowest BCUT2D eigenvalue weighted by molar-refractivity contribution is -0.123. The Kier molecular flexibility index (Phi) is 5.67. The zero-order valence-corrected chi connectivity index (χ0v) is 13.3. The lowest BCUT2D eigenvalue weighted by Crippen LogP contribution is -2.31. The van der Waals surface area contributed by atoms with Gasteiger partial charge in [0.25, 0.3) is 5.91 Å². The van der Waals surface area contributed by atoms with E-state index in [0.717, 1.165) is 11.3 Å². The summed E-state index contributed by atoms with van der Waals surface area (Å²) >= 11 is 5.94. The van der Waals surface area contributed by atoms with Crippen LogP contribution in [-0.2, 0) is 4.79 Å². The Bertz CT molecular complexity index is 628. The molecule has 2 aromatic rings. The van der Waals surface area contributed by atoms with Crippen molar-refractivity contribution in [1.29, 1.82) is 0 Å². The van der Waals surface area contributed by atoms with Crippen molar-refractivity contribution in [2.45, 2.75) is 13.0 Å². The summed E-state index contributed by atoms with van der Waals surface area (Å²) in [5.41, 5.74) is 0.949. The number of benzene rings is 2. The molecular weight excluding hydrogens is 302 g/mol. The number of hydrogen-bond donors (Lipinski definition) is 1. The largest absolute Gasteiger partial charge is 0.497 e. The first-order valence-electron chi connectivity index (χ1n) is 6.90. The number of methoxy groups -OCH3 is 1. The molecule has 0 radical (unpaired) electrons. The van der Waals surface area contributed by atoms with Gasteiger partial charge in [-0.15, -0.1) is 0 Å². The number of nitrogens with one attached hydrogen (secondary N) is 1. The highest BCUT2D eigenvalue weighted by Gasteiger charge is 2.10. The predicted octanol–water partition coefficient (Wildman–Crippen LogP) is 3.60. The molecule has 0 unspecified atom stereocenters. The van der Waals surface area contributed by atoms with E-state index < -0.39 is 0 Å². The molecule has 2 aromatic carbocycles. The number of hydrogen-bond acceptors (Lipinski definition) is 3. The van der Waals surface area contributed by atoms with Gasteiger partial charge < -0.3 is 14.8 Å². The third kappa shape index (κ3) is 4.67. The first-order chi connectivity index (χ1) is 10.6. The standard InChI is InChI=1S/C17H18ClNO3/c1-12(13-4-3-5-14(18)10-13)19-17(20)11-22-16-8-6-15(21-2)7-9-16/h3-10,12H,11H2,1-2H3,(H,19,20)/t12-/m1/s1. The number of amides is 1. The molecule has 4 nitrogen and oxygen atoms in total. The third-order valence-corrected chi connectivity index (χ3v) is 3.39. The van der Waals surface area contributed by atoms with Crippen LogP contribution in [-0.4, -0.2) is 19.6 Å². The van der Waals surface area contributed by atoms with E-state index in [1.165, 1.54) is 0 Å². The van der Waals surface area contributed by atoms with Gasteiger partial charge in [0.2, 0.25) is 0 Å². The number of carbonyl (C=O) groups is 1. The second kappa shape index (κ2) is 7.71. The molecule has 1 amide bonds. The average molecular weight is 320 g/mol. The van der Waals surface area contributed by atoms with Gasteiger partial charge in [-0.25, -0.2) is 0 Å². The Balaban J connectivity index is 1.84. The van der Waals surface area contributed by atoms with Crippen LogP contribution in [0.15, 0.2) is 48.5 Å². The fourth-order valence-electron chi connectivity index (χ4n) is 1.96. The summed E-state index contributed by atoms with van der Waals surface area (Å²) in [5.74, 6) is 1.17. The van der Waals surface area contributed by atoms with Crippen molar-refractivity contribution in [2.24, 2.45) is 0 Å². The predicted molar refractivity (Wildman–Crippen MR) is 86.5 cm³/mol. The van der Waals surface area contributed by atoms with Gasteiger partial charge in [0, 0.05) is 5.02 Å². The van der Waals surface area contributed by atoms with Crippen LogP contribution in [0.1, 0.15) is 18.5 Å². The van der Waals surface area contributed by atoms with E-state index in [0.29, 0.717) is 10.8 Å². The van der Waals surface area contributed by atoms with Gasteiger partial charge in [0.05, 0.1) is 13.2 Å². The smallest absolute Gasteiger partial charge is 0.258 e. The van der Waals surface area contributed by atoms with Gasteiger partial charge in [-0.1, -0.05) is 23.7 Å². The molecule has 0 aliphatic carbocycles. The third-order valence-electron chi connectivity index (χ3n) is 3.16. The zero-order valence-electron chi connectivity index (χ0n) is 12.5. The molecule has 0 aromatic heterocycles. The molecule has 1 N–H and O–H groups in total. The lowest BCUT2D eigenvalue weighted by atomic mass is 10.1. The topological polar surface area (TPSA) is 47.6 Å². The molecule has 0 heterocycles. The zero-order chi connectivity index (χ0) is 15.9. The van der Waals surface area contributed by atoms with Crippen LogP contribution >= 0.6 is 11.6 Å². The van der Waals surface area contributed by atoms with Crippen LogP contribution in [0.4, 0.5) is 0 Å². The van der Waals surface area contributed by atoms with Crippen molar-refractivity contribution in [3.63, 3.8) is 0 Å². The summed E-state index contributed by atoms with van der Waals surface area (Å²) in [7, 11) is 1.60. The Morgan fingerprint density at radius 2 is 1.86 bits per heavy atom. The fraction of sp³-hybridized carbons (Fsp3) is 0.235. The molecule has 0 spiro atoms.